The summed E-state index contributed by atoms with van der Waals surface area (Å²) in [7, 11) is 5.34. The topological polar surface area (TPSA) is 187 Å². The Morgan fingerprint density at radius 1 is 1.03 bits per heavy atom. The molecule has 3 aliphatic rings. The lowest BCUT2D eigenvalue weighted by molar-refractivity contribution is -0.301. The second-order valence-corrected chi connectivity index (χ2v) is 18.8. The van der Waals surface area contributed by atoms with Gasteiger partial charge in [-0.2, -0.15) is 0 Å². The van der Waals surface area contributed by atoms with Gasteiger partial charge in [-0.3, -0.25) is 19.6 Å². The second kappa shape index (κ2) is 21.7. The molecule has 0 unspecified atom stereocenters. The zero-order valence-electron chi connectivity index (χ0n) is 40.1. The fourth-order valence-electron chi connectivity index (χ4n) is 9.96. The molecule has 0 bridgehead atoms. The number of para-hydroxylation sites is 1. The Bertz CT molecular complexity index is 2190. The van der Waals surface area contributed by atoms with Gasteiger partial charge in [0.1, 0.15) is 24.9 Å². The van der Waals surface area contributed by atoms with Crippen LogP contribution in [0, 0.1) is 23.7 Å². The van der Waals surface area contributed by atoms with E-state index in [2.05, 4.69) is 9.97 Å². The van der Waals surface area contributed by atoms with Gasteiger partial charge < -0.3 is 48.0 Å². The molecule has 5 heterocycles. The van der Waals surface area contributed by atoms with E-state index in [9.17, 15) is 19.5 Å². The van der Waals surface area contributed by atoms with Crippen molar-refractivity contribution in [2.24, 2.45) is 28.8 Å². The average Bonchev–Trinajstić information content (AvgIpc) is 3.61. The number of methoxy groups -OCH3 is 1. The Labute approximate surface area is 388 Å². The molecule has 16 nitrogen and oxygen atoms in total. The summed E-state index contributed by atoms with van der Waals surface area (Å²) in [5.74, 6) is -4.27. The molecule has 3 fully saturated rings. The number of aromatic nitrogens is 2. The highest BCUT2D eigenvalue weighted by molar-refractivity contribution is 5.89. The van der Waals surface area contributed by atoms with Crippen LogP contribution in [0.4, 0.5) is 4.79 Å². The Morgan fingerprint density at radius 3 is 2.48 bits per heavy atom. The molecule has 0 aliphatic carbocycles. The quantitative estimate of drug-likeness (QED) is 0.0851. The van der Waals surface area contributed by atoms with Crippen molar-refractivity contribution in [2.45, 2.75) is 141 Å². The molecule has 16 heteroatoms. The van der Waals surface area contributed by atoms with Gasteiger partial charge in [0.15, 0.2) is 18.0 Å². The highest BCUT2D eigenvalue weighted by Gasteiger charge is 2.59. The number of pyridine rings is 2. The standard InChI is InChI=1S/C50H68N4O12/c1-12-39-50(8)45(65-48(58)66-50)31(4)41(53-60-22-16-18-34-24-36-19-13-14-20-37(36)52-28-34)29(2)26-49(7,59-11)44(64-47-42(56)38(54(9)10)23-30(3)61-47)32(5)43(33(6)46(57)62-39)63-40(55)25-35-17-15-21-51-27-35/h13-21,24,27-33,38-39,42-45,47,56H,12,22-23,25-26H2,1-11H3/b18-16+,53-41+/t29-,30-,31+,32+,33-,38+,39-,42-,43+,44-,45-,47+,49-,50-/m1/s1. The summed E-state index contributed by atoms with van der Waals surface area (Å²) in [4.78, 5) is 58.3. The molecular weight excluding hydrogens is 849 g/mol. The van der Waals surface area contributed by atoms with Crippen LogP contribution in [0.1, 0.15) is 85.8 Å². The van der Waals surface area contributed by atoms with Crippen molar-refractivity contribution in [3.63, 3.8) is 0 Å². The Hall–Kier alpha value is -5.00. The van der Waals surface area contributed by atoms with Crippen LogP contribution in [0.2, 0.25) is 0 Å². The van der Waals surface area contributed by atoms with Crippen molar-refractivity contribution >= 4 is 40.8 Å². The summed E-state index contributed by atoms with van der Waals surface area (Å²) in [5, 5.41) is 17.6. The Kier molecular flexibility index (Phi) is 16.6. The monoisotopic (exact) mass is 916 g/mol. The van der Waals surface area contributed by atoms with Crippen LogP contribution in [0.15, 0.2) is 72.3 Å². The predicted molar refractivity (Wildman–Crippen MR) is 246 cm³/mol. The maximum Gasteiger partial charge on any atom is 0.509 e. The SMILES string of the molecule is CC[C@H]1OC(=O)[C@H](C)[C@@H](OC(=O)Cc2cccnc2)[C@H](C)[C@@H](O[C@@H]2O[C@H](C)C[C@H](N(C)C)[C@H]2O)[C@](C)(OC)C[C@@H](C)/C(=N\OC/C=C/c2cnc3ccccc3c2)[C@H](C)[C@H]2OC(=O)O[C@@]21C. The summed E-state index contributed by atoms with van der Waals surface area (Å²) in [5.41, 5.74) is 0.205. The van der Waals surface area contributed by atoms with Crippen molar-refractivity contribution in [3.05, 3.63) is 78.3 Å². The third kappa shape index (κ3) is 11.4. The number of rotatable bonds is 12. The van der Waals surface area contributed by atoms with Crippen LogP contribution in [-0.2, 0) is 54.0 Å². The van der Waals surface area contributed by atoms with Crippen LogP contribution in [0.3, 0.4) is 0 Å². The number of oxime groups is 1. The molecule has 2 aromatic heterocycles. The van der Waals surface area contributed by atoms with Crippen molar-refractivity contribution in [3.8, 4) is 0 Å². The molecule has 6 rings (SSSR count). The van der Waals surface area contributed by atoms with Crippen LogP contribution in [0.25, 0.3) is 17.0 Å². The fourth-order valence-corrected chi connectivity index (χ4v) is 9.96. The average molecular weight is 917 g/mol. The van der Waals surface area contributed by atoms with Gasteiger partial charge in [-0.05, 0) is 96.5 Å². The van der Waals surface area contributed by atoms with Gasteiger partial charge in [-0.15, -0.1) is 0 Å². The summed E-state index contributed by atoms with van der Waals surface area (Å²) >= 11 is 0. The third-order valence-electron chi connectivity index (χ3n) is 13.6. The third-order valence-corrected chi connectivity index (χ3v) is 13.6. The molecule has 0 amide bonds. The maximum atomic E-state index is 14.6. The molecule has 3 aliphatic heterocycles. The molecular formula is C50H68N4O12. The van der Waals surface area contributed by atoms with E-state index in [1.807, 2.05) is 103 Å². The fraction of sp³-hybridized carbons (Fsp3) is 0.600. The number of aliphatic hydroxyl groups excluding tert-OH is 1. The van der Waals surface area contributed by atoms with Gasteiger partial charge >= 0.3 is 18.1 Å². The number of aliphatic hydroxyl groups is 1. The lowest BCUT2D eigenvalue weighted by Crippen LogP contribution is -2.60. The Balaban J connectivity index is 1.42. The lowest BCUT2D eigenvalue weighted by Gasteiger charge is -2.48. The first-order chi connectivity index (χ1) is 31.4. The smallest absolute Gasteiger partial charge is 0.461 e. The first-order valence-electron chi connectivity index (χ1n) is 23.0. The van der Waals surface area contributed by atoms with Crippen LogP contribution >= 0.6 is 0 Å². The molecule has 0 saturated carbocycles. The lowest BCUT2D eigenvalue weighted by atomic mass is 9.73. The van der Waals surface area contributed by atoms with E-state index in [1.165, 1.54) is 0 Å². The molecule has 1 N–H and O–H groups in total. The van der Waals surface area contributed by atoms with Crippen LogP contribution < -0.4 is 0 Å². The summed E-state index contributed by atoms with van der Waals surface area (Å²) in [6.07, 6.45) is 2.09. The van der Waals surface area contributed by atoms with Crippen molar-refractivity contribution < 1.29 is 57.5 Å². The molecule has 3 aromatic rings. The maximum absolute atomic E-state index is 14.6. The largest absolute Gasteiger partial charge is 0.509 e. The summed E-state index contributed by atoms with van der Waals surface area (Å²) in [6, 6.07) is 13.1. The minimum Gasteiger partial charge on any atom is -0.461 e. The van der Waals surface area contributed by atoms with E-state index in [4.69, 9.17) is 43.2 Å². The van der Waals surface area contributed by atoms with Crippen LogP contribution in [-0.4, -0.2) is 132 Å². The van der Waals surface area contributed by atoms with E-state index < -0.39 is 89.8 Å². The van der Waals surface area contributed by atoms with Gasteiger partial charge in [0.25, 0.3) is 0 Å². The number of nitrogens with zero attached hydrogens (tertiary/aromatic N) is 4. The van der Waals surface area contributed by atoms with Gasteiger partial charge in [0, 0.05) is 54.9 Å². The van der Waals surface area contributed by atoms with E-state index in [-0.39, 0.29) is 38.0 Å². The van der Waals surface area contributed by atoms with Gasteiger partial charge in [-0.1, -0.05) is 63.2 Å². The number of benzene rings is 1. The molecule has 3 saturated heterocycles. The van der Waals surface area contributed by atoms with Crippen molar-refractivity contribution in [1.29, 1.82) is 0 Å². The minimum atomic E-state index is -1.46. The molecule has 0 spiro atoms. The summed E-state index contributed by atoms with van der Waals surface area (Å²) < 4.78 is 44.3. The minimum absolute atomic E-state index is 0.0968. The van der Waals surface area contributed by atoms with Crippen molar-refractivity contribution in [2.75, 3.05) is 27.8 Å². The predicted octanol–water partition coefficient (Wildman–Crippen LogP) is 6.95. The highest BCUT2D eigenvalue weighted by atomic mass is 16.8. The van der Waals surface area contributed by atoms with E-state index in [1.54, 1.807) is 51.7 Å². The highest BCUT2D eigenvalue weighted by Crippen LogP contribution is 2.43. The number of ether oxygens (including phenoxy) is 7. The van der Waals surface area contributed by atoms with Gasteiger partial charge in [0.05, 0.1) is 41.4 Å². The van der Waals surface area contributed by atoms with E-state index in [0.717, 1.165) is 16.5 Å². The number of hydrogen-bond donors (Lipinski definition) is 1. The van der Waals surface area contributed by atoms with Crippen molar-refractivity contribution in [1.82, 2.24) is 14.9 Å². The normalized spacial score (nSPS) is 35.2. The number of cyclic esters (lactones) is 1. The number of carbonyl (C=O) groups is 3. The molecule has 1 aromatic carbocycles. The molecule has 360 valence electrons. The van der Waals surface area contributed by atoms with Gasteiger partial charge in [0.2, 0.25) is 0 Å². The number of fused-ring (bicyclic) bond motifs is 2. The molecule has 14 atom stereocenters. The zero-order chi connectivity index (χ0) is 47.9. The molecule has 66 heavy (non-hydrogen) atoms. The van der Waals surface area contributed by atoms with Gasteiger partial charge in [-0.25, -0.2) is 4.79 Å². The first-order valence-corrected chi connectivity index (χ1v) is 23.0. The zero-order valence-corrected chi connectivity index (χ0v) is 40.1. The number of hydrogen-bond acceptors (Lipinski definition) is 16. The van der Waals surface area contributed by atoms with E-state index in [0.29, 0.717) is 17.7 Å². The molecule has 0 radical (unpaired) electrons. The first kappa shape index (κ1) is 50.4. The van der Waals surface area contributed by atoms with Crippen LogP contribution in [0.5, 0.6) is 0 Å². The number of likely N-dealkylation sites (N-methyl/N-ethyl adjacent to an activating group) is 1. The Morgan fingerprint density at radius 2 is 1.79 bits per heavy atom. The number of carbonyl (C=O) groups excluding carboxylic acids is 3. The number of esters is 2. The summed E-state index contributed by atoms with van der Waals surface area (Å²) in [6.45, 7) is 14.7. The van der Waals surface area contributed by atoms with E-state index >= 15 is 0 Å². The second-order valence-electron chi connectivity index (χ2n) is 18.8.